The van der Waals surface area contributed by atoms with Crippen molar-refractivity contribution in [2.45, 2.75) is 6.92 Å². The number of carbonyl (C=O) groups is 2. The van der Waals surface area contributed by atoms with E-state index in [0.29, 0.717) is 28.1 Å². The van der Waals surface area contributed by atoms with Crippen LogP contribution < -0.4 is 4.90 Å². The average Bonchev–Trinajstić information content (AvgIpc) is 3.40. The molecule has 0 radical (unpaired) electrons. The molecule has 34 heavy (non-hydrogen) atoms. The largest absolute Gasteiger partial charge is 0.457 e. The van der Waals surface area contributed by atoms with E-state index in [-0.39, 0.29) is 11.1 Å². The second-order valence-electron chi connectivity index (χ2n) is 8.37. The number of nitrogens with zero attached hydrogens (tertiary/aromatic N) is 3. The van der Waals surface area contributed by atoms with Crippen LogP contribution in [0.5, 0.6) is 0 Å². The Morgan fingerprint density at radius 2 is 1.71 bits per heavy atom. The molecule has 3 heterocycles. The number of furan rings is 1. The van der Waals surface area contributed by atoms with Gasteiger partial charge in [-0.05, 0) is 55.1 Å². The Bertz CT molecular complexity index is 1250. The van der Waals surface area contributed by atoms with E-state index in [0.717, 1.165) is 43.5 Å². The Balaban J connectivity index is 1.22. The third kappa shape index (κ3) is 4.78. The minimum Gasteiger partial charge on any atom is -0.457 e. The van der Waals surface area contributed by atoms with E-state index in [1.807, 2.05) is 24.3 Å². The molecule has 2 amide bonds. The Labute approximate surface area is 207 Å². The molecule has 5 rings (SSSR count). The summed E-state index contributed by atoms with van der Waals surface area (Å²) >= 11 is 7.20. The Morgan fingerprint density at radius 3 is 2.44 bits per heavy atom. The normalized spacial score (nSPS) is 18.4. The van der Waals surface area contributed by atoms with Gasteiger partial charge in [0.15, 0.2) is 0 Å². The summed E-state index contributed by atoms with van der Waals surface area (Å²) < 4.78 is 5.87. The van der Waals surface area contributed by atoms with Crippen LogP contribution in [0.4, 0.5) is 10.5 Å². The zero-order chi connectivity index (χ0) is 23.7. The van der Waals surface area contributed by atoms with Crippen molar-refractivity contribution in [1.82, 2.24) is 9.80 Å². The van der Waals surface area contributed by atoms with Gasteiger partial charge in [-0.25, -0.2) is 0 Å². The lowest BCUT2D eigenvalue weighted by Crippen LogP contribution is -2.50. The van der Waals surface area contributed by atoms with E-state index in [1.165, 1.54) is 16.2 Å². The quantitative estimate of drug-likeness (QED) is 0.423. The summed E-state index contributed by atoms with van der Waals surface area (Å²) in [5.41, 5.74) is 3.22. The summed E-state index contributed by atoms with van der Waals surface area (Å²) in [6.45, 7) is 5.66. The lowest BCUT2D eigenvalue weighted by Gasteiger charge is -2.37. The zero-order valence-corrected chi connectivity index (χ0v) is 20.3. The highest BCUT2D eigenvalue weighted by Crippen LogP contribution is 2.34. The zero-order valence-electron chi connectivity index (χ0n) is 18.7. The molecule has 0 saturated carbocycles. The van der Waals surface area contributed by atoms with Crippen molar-refractivity contribution in [2.75, 3.05) is 37.7 Å². The van der Waals surface area contributed by atoms with Crippen molar-refractivity contribution in [1.29, 1.82) is 0 Å². The number of rotatable bonds is 5. The van der Waals surface area contributed by atoms with Gasteiger partial charge in [-0.15, -0.1) is 0 Å². The second-order valence-corrected chi connectivity index (χ2v) is 9.77. The minimum atomic E-state index is -0.286. The van der Waals surface area contributed by atoms with Crippen molar-refractivity contribution in [3.8, 4) is 11.3 Å². The fraction of sp³-hybridized carbons (Fsp3) is 0.231. The first-order valence-electron chi connectivity index (χ1n) is 11.1. The molecule has 0 spiro atoms. The van der Waals surface area contributed by atoms with Crippen LogP contribution in [0, 0.1) is 6.92 Å². The van der Waals surface area contributed by atoms with E-state index >= 15 is 0 Å². The topological polar surface area (TPSA) is 57.0 Å². The van der Waals surface area contributed by atoms with Crippen LogP contribution in [0.3, 0.4) is 0 Å². The van der Waals surface area contributed by atoms with E-state index in [4.69, 9.17) is 16.0 Å². The van der Waals surface area contributed by atoms with Gasteiger partial charge in [0.1, 0.15) is 11.5 Å². The number of thioether (sulfide) groups is 1. The first-order valence-corrected chi connectivity index (χ1v) is 12.3. The number of carbonyl (C=O) groups excluding carboxylic acids is 2. The summed E-state index contributed by atoms with van der Waals surface area (Å²) in [5.74, 6) is 0.835. The first-order chi connectivity index (χ1) is 16.5. The summed E-state index contributed by atoms with van der Waals surface area (Å²) in [5, 5.41) is 0.335. The molecule has 6 nitrogen and oxygen atoms in total. The van der Waals surface area contributed by atoms with Gasteiger partial charge >= 0.3 is 0 Å². The molecule has 2 aromatic carbocycles. The van der Waals surface area contributed by atoms with E-state index in [9.17, 15) is 9.59 Å². The number of anilines is 1. The maximum atomic E-state index is 13.0. The number of piperazine rings is 1. The van der Waals surface area contributed by atoms with E-state index in [1.54, 1.807) is 18.2 Å². The molecule has 0 unspecified atom stereocenters. The van der Waals surface area contributed by atoms with Crippen LogP contribution in [0.1, 0.15) is 11.3 Å². The summed E-state index contributed by atoms with van der Waals surface area (Å²) in [6, 6.07) is 19.5. The van der Waals surface area contributed by atoms with Crippen molar-refractivity contribution in [3.63, 3.8) is 0 Å². The number of benzene rings is 2. The van der Waals surface area contributed by atoms with Crippen LogP contribution in [0.15, 0.2) is 70.0 Å². The third-order valence-corrected chi connectivity index (χ3v) is 7.26. The fourth-order valence-electron chi connectivity index (χ4n) is 4.09. The number of halogens is 1. The van der Waals surface area contributed by atoms with Crippen molar-refractivity contribution in [2.24, 2.45) is 0 Å². The molecular formula is C26H24ClN3O3S. The van der Waals surface area contributed by atoms with Gasteiger partial charge in [-0.3, -0.25) is 19.4 Å². The molecule has 0 atom stereocenters. The Kier molecular flexibility index (Phi) is 6.50. The number of amides is 2. The van der Waals surface area contributed by atoms with Gasteiger partial charge in [-0.1, -0.05) is 41.4 Å². The van der Waals surface area contributed by atoms with Gasteiger partial charge in [-0.2, -0.15) is 0 Å². The maximum Gasteiger partial charge on any atom is 0.294 e. The van der Waals surface area contributed by atoms with Gasteiger partial charge in [0, 0.05) is 43.5 Å². The molecule has 2 fully saturated rings. The van der Waals surface area contributed by atoms with Crippen LogP contribution in [-0.4, -0.2) is 53.8 Å². The molecule has 2 aliphatic rings. The van der Waals surface area contributed by atoms with Crippen molar-refractivity contribution in [3.05, 3.63) is 81.9 Å². The summed E-state index contributed by atoms with van der Waals surface area (Å²) in [7, 11) is 0. The third-order valence-electron chi connectivity index (χ3n) is 6.03. The molecule has 3 aromatic rings. The Morgan fingerprint density at radius 1 is 0.971 bits per heavy atom. The highest BCUT2D eigenvalue weighted by molar-refractivity contribution is 8.18. The molecule has 0 bridgehead atoms. The predicted octanol–water partition coefficient (Wildman–Crippen LogP) is 5.72. The number of hydrogen-bond acceptors (Lipinski definition) is 6. The SMILES string of the molecule is Cc1ccc(N2CCN(CN3C(=O)SC(=Cc4ccc(-c5ccccc5Cl)o4)C3=O)CC2)cc1. The monoisotopic (exact) mass is 493 g/mol. The lowest BCUT2D eigenvalue weighted by atomic mass is 10.2. The van der Waals surface area contributed by atoms with Crippen LogP contribution in [0.2, 0.25) is 5.02 Å². The van der Waals surface area contributed by atoms with Gasteiger partial charge in [0.05, 0.1) is 16.6 Å². The molecule has 8 heteroatoms. The van der Waals surface area contributed by atoms with Gasteiger partial charge in [0.25, 0.3) is 11.1 Å². The predicted molar refractivity (Wildman–Crippen MR) is 137 cm³/mol. The number of hydrogen-bond donors (Lipinski definition) is 0. The lowest BCUT2D eigenvalue weighted by molar-refractivity contribution is -0.124. The molecule has 174 valence electrons. The molecule has 2 saturated heterocycles. The molecule has 0 aliphatic carbocycles. The second kappa shape index (κ2) is 9.70. The van der Waals surface area contributed by atoms with Crippen LogP contribution >= 0.6 is 23.4 Å². The Hall–Kier alpha value is -3.00. The highest BCUT2D eigenvalue weighted by Gasteiger charge is 2.36. The van der Waals surface area contributed by atoms with E-state index < -0.39 is 0 Å². The first kappa shape index (κ1) is 22.8. The molecule has 1 aromatic heterocycles. The average molecular weight is 494 g/mol. The van der Waals surface area contributed by atoms with Crippen LogP contribution in [-0.2, 0) is 4.79 Å². The molecule has 2 aliphatic heterocycles. The van der Waals surface area contributed by atoms with Gasteiger partial charge < -0.3 is 9.32 Å². The van der Waals surface area contributed by atoms with Crippen LogP contribution in [0.25, 0.3) is 17.4 Å². The van der Waals surface area contributed by atoms with Crippen molar-refractivity contribution < 1.29 is 14.0 Å². The summed E-state index contributed by atoms with van der Waals surface area (Å²) in [4.78, 5) is 31.7. The highest BCUT2D eigenvalue weighted by atomic mass is 35.5. The summed E-state index contributed by atoms with van der Waals surface area (Å²) in [6.07, 6.45) is 1.63. The molecule has 0 N–H and O–H groups in total. The molecular weight excluding hydrogens is 470 g/mol. The standard InChI is InChI=1S/C26H24ClN3O3S/c1-18-6-8-19(9-7-18)29-14-12-28(13-15-29)17-30-25(31)24(34-26(30)32)16-20-10-11-23(33-20)21-4-2-3-5-22(21)27/h2-11,16H,12-15,17H2,1H3. The van der Waals surface area contributed by atoms with Gasteiger partial charge in [0.2, 0.25) is 0 Å². The minimum absolute atomic E-state index is 0.255. The number of imide groups is 1. The van der Waals surface area contributed by atoms with E-state index in [2.05, 4.69) is 41.0 Å². The number of aryl methyl sites for hydroxylation is 1. The van der Waals surface area contributed by atoms with Crippen molar-refractivity contribution >= 4 is 46.3 Å². The fourth-order valence-corrected chi connectivity index (χ4v) is 5.13. The maximum absolute atomic E-state index is 13.0. The smallest absolute Gasteiger partial charge is 0.294 e.